The van der Waals surface area contributed by atoms with Gasteiger partial charge in [-0.1, -0.05) is 30.3 Å². The highest BCUT2D eigenvalue weighted by Gasteiger charge is 2.16. The predicted octanol–water partition coefficient (Wildman–Crippen LogP) is 4.43. The van der Waals surface area contributed by atoms with Crippen molar-refractivity contribution in [3.05, 3.63) is 70.4 Å². The first-order chi connectivity index (χ1) is 9.16. The lowest BCUT2D eigenvalue weighted by Crippen LogP contribution is -1.99. The average molecular weight is 272 g/mol. The molecule has 1 N–H and O–H groups in total. The molecule has 3 heteroatoms. The molecule has 0 aliphatic carbocycles. The molecule has 0 aliphatic heterocycles. The van der Waals surface area contributed by atoms with Gasteiger partial charge in [-0.2, -0.15) is 0 Å². The number of rotatable bonds is 2. The van der Waals surface area contributed by atoms with E-state index in [1.807, 2.05) is 29.6 Å². The summed E-state index contributed by atoms with van der Waals surface area (Å²) in [5, 5.41) is 13.4. The highest BCUT2D eigenvalue weighted by atomic mass is 32.1. The maximum Gasteiger partial charge on any atom is 0.126 e. The maximum absolute atomic E-state index is 13.6. The van der Waals surface area contributed by atoms with E-state index in [0.29, 0.717) is 11.1 Å². The van der Waals surface area contributed by atoms with E-state index >= 15 is 0 Å². The fourth-order valence-corrected chi connectivity index (χ4v) is 3.15. The van der Waals surface area contributed by atoms with Crippen LogP contribution >= 0.6 is 11.3 Å². The van der Waals surface area contributed by atoms with Crippen molar-refractivity contribution in [2.45, 2.75) is 13.0 Å². The van der Waals surface area contributed by atoms with Crippen LogP contribution in [0.1, 0.15) is 22.8 Å². The molecule has 96 valence electrons. The van der Waals surface area contributed by atoms with Crippen LogP contribution in [0.2, 0.25) is 0 Å². The quantitative estimate of drug-likeness (QED) is 0.731. The number of halogens is 1. The van der Waals surface area contributed by atoms with Gasteiger partial charge >= 0.3 is 0 Å². The van der Waals surface area contributed by atoms with Crippen molar-refractivity contribution < 1.29 is 9.50 Å². The number of benzene rings is 2. The van der Waals surface area contributed by atoms with E-state index in [1.165, 1.54) is 6.07 Å². The van der Waals surface area contributed by atoms with Crippen LogP contribution in [0.5, 0.6) is 0 Å². The SMILES string of the molecule is Cc1ccc(C(O)c2csc3ccccc23)cc1F. The van der Waals surface area contributed by atoms with Crippen molar-refractivity contribution in [1.29, 1.82) is 0 Å². The number of aliphatic hydroxyl groups is 1. The molecule has 1 nitrogen and oxygen atoms in total. The molecule has 0 spiro atoms. The third-order valence-electron chi connectivity index (χ3n) is 3.32. The molecule has 0 fully saturated rings. The summed E-state index contributed by atoms with van der Waals surface area (Å²) in [6.07, 6.45) is -0.786. The van der Waals surface area contributed by atoms with Crippen molar-refractivity contribution in [2.24, 2.45) is 0 Å². The summed E-state index contributed by atoms with van der Waals surface area (Å²) in [5.74, 6) is -0.281. The summed E-state index contributed by atoms with van der Waals surface area (Å²) in [5.41, 5.74) is 2.02. The van der Waals surface area contributed by atoms with Crippen LogP contribution in [0.3, 0.4) is 0 Å². The average Bonchev–Trinajstić information content (AvgIpc) is 2.85. The number of aryl methyl sites for hydroxylation is 1. The Hall–Kier alpha value is -1.71. The predicted molar refractivity (Wildman–Crippen MR) is 77.0 cm³/mol. The molecular weight excluding hydrogens is 259 g/mol. The first kappa shape index (κ1) is 12.3. The highest BCUT2D eigenvalue weighted by molar-refractivity contribution is 7.17. The number of thiophene rings is 1. The van der Waals surface area contributed by atoms with Gasteiger partial charge in [-0.05, 0) is 40.9 Å². The Morgan fingerprint density at radius 3 is 2.74 bits per heavy atom. The van der Waals surface area contributed by atoms with E-state index in [1.54, 1.807) is 30.4 Å². The van der Waals surface area contributed by atoms with Crippen LogP contribution in [0.15, 0.2) is 47.8 Å². The molecule has 3 aromatic rings. The third kappa shape index (κ3) is 2.15. The molecule has 0 amide bonds. The zero-order valence-electron chi connectivity index (χ0n) is 10.4. The van der Waals surface area contributed by atoms with Crippen LogP contribution in [0, 0.1) is 12.7 Å². The number of hydrogen-bond donors (Lipinski definition) is 1. The summed E-state index contributed by atoms with van der Waals surface area (Å²) in [7, 11) is 0. The molecule has 0 saturated carbocycles. The summed E-state index contributed by atoms with van der Waals surface area (Å²) < 4.78 is 14.7. The summed E-state index contributed by atoms with van der Waals surface area (Å²) in [4.78, 5) is 0. The zero-order chi connectivity index (χ0) is 13.4. The Labute approximate surface area is 115 Å². The second-order valence-corrected chi connectivity index (χ2v) is 5.51. The third-order valence-corrected chi connectivity index (χ3v) is 4.30. The molecular formula is C16H13FOS. The molecule has 0 bridgehead atoms. The number of aliphatic hydroxyl groups excluding tert-OH is 1. The standard InChI is InChI=1S/C16H13FOS/c1-10-6-7-11(8-14(10)17)16(18)13-9-19-15-5-3-2-4-12(13)15/h2-9,16,18H,1H3. The van der Waals surface area contributed by atoms with E-state index in [4.69, 9.17) is 0 Å². The Morgan fingerprint density at radius 1 is 1.16 bits per heavy atom. The second-order valence-electron chi connectivity index (χ2n) is 4.60. The molecule has 0 radical (unpaired) electrons. The monoisotopic (exact) mass is 272 g/mol. The van der Waals surface area contributed by atoms with Gasteiger partial charge in [0.2, 0.25) is 0 Å². The lowest BCUT2D eigenvalue weighted by molar-refractivity contribution is 0.221. The Balaban J connectivity index is 2.08. The number of fused-ring (bicyclic) bond motifs is 1. The van der Waals surface area contributed by atoms with Gasteiger partial charge < -0.3 is 5.11 Å². The minimum atomic E-state index is -0.786. The van der Waals surface area contributed by atoms with E-state index < -0.39 is 6.10 Å². The molecule has 0 aliphatic rings. The smallest absolute Gasteiger partial charge is 0.126 e. The lowest BCUT2D eigenvalue weighted by atomic mass is 10.00. The van der Waals surface area contributed by atoms with Crippen LogP contribution in [-0.2, 0) is 0 Å². The van der Waals surface area contributed by atoms with Crippen molar-refractivity contribution in [3.63, 3.8) is 0 Å². The normalized spacial score (nSPS) is 12.8. The largest absolute Gasteiger partial charge is 0.384 e. The van der Waals surface area contributed by atoms with Crippen molar-refractivity contribution in [1.82, 2.24) is 0 Å². The summed E-state index contributed by atoms with van der Waals surface area (Å²) in [6.45, 7) is 1.71. The Morgan fingerprint density at radius 2 is 1.95 bits per heavy atom. The van der Waals surface area contributed by atoms with Gasteiger partial charge in [-0.25, -0.2) is 4.39 Å². The fourth-order valence-electron chi connectivity index (χ4n) is 2.17. The fraction of sp³-hybridized carbons (Fsp3) is 0.125. The zero-order valence-corrected chi connectivity index (χ0v) is 11.2. The topological polar surface area (TPSA) is 20.2 Å². The van der Waals surface area contributed by atoms with Crippen LogP contribution in [0.4, 0.5) is 4.39 Å². The van der Waals surface area contributed by atoms with Gasteiger partial charge in [0.25, 0.3) is 0 Å². The summed E-state index contributed by atoms with van der Waals surface area (Å²) >= 11 is 1.59. The van der Waals surface area contributed by atoms with Crippen molar-refractivity contribution >= 4 is 21.4 Å². The van der Waals surface area contributed by atoms with E-state index in [-0.39, 0.29) is 5.82 Å². The van der Waals surface area contributed by atoms with Gasteiger partial charge in [0, 0.05) is 10.3 Å². The first-order valence-electron chi connectivity index (χ1n) is 6.07. The molecule has 1 aromatic heterocycles. The minimum absolute atomic E-state index is 0.281. The van der Waals surface area contributed by atoms with Gasteiger partial charge in [0.05, 0.1) is 0 Å². The summed E-state index contributed by atoms with van der Waals surface area (Å²) in [6, 6.07) is 12.8. The van der Waals surface area contributed by atoms with Gasteiger partial charge in [0.15, 0.2) is 0 Å². The Kier molecular flexibility index (Phi) is 3.09. The minimum Gasteiger partial charge on any atom is -0.384 e. The second kappa shape index (κ2) is 4.76. The maximum atomic E-state index is 13.6. The van der Waals surface area contributed by atoms with E-state index in [9.17, 15) is 9.50 Å². The molecule has 19 heavy (non-hydrogen) atoms. The van der Waals surface area contributed by atoms with E-state index in [0.717, 1.165) is 15.6 Å². The van der Waals surface area contributed by atoms with Crippen molar-refractivity contribution in [3.8, 4) is 0 Å². The molecule has 0 saturated heterocycles. The van der Waals surface area contributed by atoms with Gasteiger partial charge in [-0.15, -0.1) is 11.3 Å². The Bertz CT molecular complexity index is 732. The van der Waals surface area contributed by atoms with E-state index in [2.05, 4.69) is 0 Å². The van der Waals surface area contributed by atoms with Crippen LogP contribution < -0.4 is 0 Å². The van der Waals surface area contributed by atoms with Crippen molar-refractivity contribution in [2.75, 3.05) is 0 Å². The molecule has 1 unspecified atom stereocenters. The molecule has 2 aromatic carbocycles. The van der Waals surface area contributed by atoms with Crippen LogP contribution in [0.25, 0.3) is 10.1 Å². The molecule has 1 heterocycles. The lowest BCUT2D eigenvalue weighted by Gasteiger charge is -2.11. The highest BCUT2D eigenvalue weighted by Crippen LogP contribution is 2.33. The number of hydrogen-bond acceptors (Lipinski definition) is 2. The van der Waals surface area contributed by atoms with Gasteiger partial charge in [-0.3, -0.25) is 0 Å². The molecule has 3 rings (SSSR count). The molecule has 1 atom stereocenters. The first-order valence-corrected chi connectivity index (χ1v) is 6.95. The van der Waals surface area contributed by atoms with Gasteiger partial charge in [0.1, 0.15) is 11.9 Å². The van der Waals surface area contributed by atoms with Crippen LogP contribution in [-0.4, -0.2) is 5.11 Å².